The number of rotatable bonds is 4. The summed E-state index contributed by atoms with van der Waals surface area (Å²) in [6.07, 6.45) is -4.57. The van der Waals surface area contributed by atoms with Crippen molar-refractivity contribution in [2.45, 2.75) is 20.0 Å². The summed E-state index contributed by atoms with van der Waals surface area (Å²) < 4.78 is 50.7. The molecule has 1 aromatic heterocycles. The molecule has 0 radical (unpaired) electrons. The zero-order valence-corrected chi connectivity index (χ0v) is 18.5. The Labute approximate surface area is 189 Å². The van der Waals surface area contributed by atoms with Crippen LogP contribution in [0.1, 0.15) is 27.2 Å². The number of pyridine rings is 1. The van der Waals surface area contributed by atoms with Gasteiger partial charge < -0.3 is 14.4 Å². The molecule has 1 amide bonds. The zero-order chi connectivity index (χ0) is 23.9. The molecular formula is C24H22F3N3O3. The van der Waals surface area contributed by atoms with E-state index in [9.17, 15) is 18.0 Å². The van der Waals surface area contributed by atoms with E-state index in [4.69, 9.17) is 9.47 Å². The van der Waals surface area contributed by atoms with Crippen LogP contribution in [-0.2, 0) is 6.18 Å². The van der Waals surface area contributed by atoms with E-state index in [0.717, 1.165) is 23.4 Å². The number of halogens is 3. The number of carbonyl (C=O) groups is 1. The van der Waals surface area contributed by atoms with Crippen molar-refractivity contribution in [1.82, 2.24) is 4.98 Å². The molecule has 0 fully saturated rings. The highest BCUT2D eigenvalue weighted by Crippen LogP contribution is 2.41. The van der Waals surface area contributed by atoms with E-state index < -0.39 is 17.6 Å². The number of carbonyl (C=O) groups excluding carboxylic acids is 1. The predicted octanol–water partition coefficient (Wildman–Crippen LogP) is 5.49. The van der Waals surface area contributed by atoms with Crippen LogP contribution in [-0.4, -0.2) is 31.8 Å². The fraction of sp³-hybridized carbons (Fsp3) is 0.250. The number of fused-ring (bicyclic) bond motifs is 1. The van der Waals surface area contributed by atoms with E-state index in [-0.39, 0.29) is 12.2 Å². The van der Waals surface area contributed by atoms with Gasteiger partial charge in [0, 0.05) is 11.8 Å². The maximum atomic E-state index is 13.4. The summed E-state index contributed by atoms with van der Waals surface area (Å²) in [7, 11) is 3.04. The summed E-state index contributed by atoms with van der Waals surface area (Å²) in [6.45, 7) is 3.69. The van der Waals surface area contributed by atoms with Crippen molar-refractivity contribution < 1.29 is 27.4 Å². The number of hydrogen-bond acceptors (Lipinski definition) is 5. The molecule has 0 aliphatic carbocycles. The van der Waals surface area contributed by atoms with Crippen molar-refractivity contribution in [3.05, 3.63) is 70.9 Å². The number of hydrogen-bond donors (Lipinski definition) is 0. The third-order valence-electron chi connectivity index (χ3n) is 5.60. The normalized spacial score (nSPS) is 13.7. The molecule has 9 heteroatoms. The molecule has 2 aromatic carbocycles. The number of benzene rings is 2. The molecule has 3 aromatic rings. The number of methoxy groups -OCH3 is 2. The Balaban J connectivity index is 1.89. The molecule has 1 aliphatic heterocycles. The molecule has 33 heavy (non-hydrogen) atoms. The second kappa shape index (κ2) is 8.31. The van der Waals surface area contributed by atoms with E-state index in [1.165, 1.54) is 18.1 Å². The van der Waals surface area contributed by atoms with Crippen LogP contribution in [0.15, 0.2) is 48.5 Å². The van der Waals surface area contributed by atoms with E-state index in [1.807, 2.05) is 24.0 Å². The third-order valence-corrected chi connectivity index (χ3v) is 5.60. The quantitative estimate of drug-likeness (QED) is 0.519. The van der Waals surface area contributed by atoms with Crippen LogP contribution in [0.2, 0.25) is 0 Å². The van der Waals surface area contributed by atoms with Crippen LogP contribution in [0.5, 0.6) is 11.6 Å². The first-order valence-electron chi connectivity index (χ1n) is 10.1. The highest BCUT2D eigenvalue weighted by atomic mass is 19.4. The highest BCUT2D eigenvalue weighted by Gasteiger charge is 2.37. The third kappa shape index (κ3) is 4.06. The Kier molecular flexibility index (Phi) is 5.65. The van der Waals surface area contributed by atoms with E-state index in [0.29, 0.717) is 28.7 Å². The molecule has 0 bridgehead atoms. The Bertz CT molecular complexity index is 1230. The van der Waals surface area contributed by atoms with Crippen LogP contribution >= 0.6 is 0 Å². The minimum atomic E-state index is -4.57. The lowest BCUT2D eigenvalue weighted by molar-refractivity contribution is -0.137. The Morgan fingerprint density at radius 3 is 2.18 bits per heavy atom. The van der Waals surface area contributed by atoms with Gasteiger partial charge in [0.15, 0.2) is 0 Å². The molecule has 2 heterocycles. The lowest BCUT2D eigenvalue weighted by Crippen LogP contribution is -2.45. The van der Waals surface area contributed by atoms with Gasteiger partial charge in [0.2, 0.25) is 5.88 Å². The van der Waals surface area contributed by atoms with Crippen molar-refractivity contribution in [2.75, 3.05) is 30.7 Å². The number of amides is 1. The maximum absolute atomic E-state index is 13.4. The van der Waals surface area contributed by atoms with Gasteiger partial charge in [-0.25, -0.2) is 4.98 Å². The molecular weight excluding hydrogens is 435 g/mol. The van der Waals surface area contributed by atoms with Crippen molar-refractivity contribution in [3.8, 4) is 11.6 Å². The Morgan fingerprint density at radius 2 is 1.58 bits per heavy atom. The molecule has 0 spiro atoms. The van der Waals surface area contributed by atoms with Crippen LogP contribution in [0.25, 0.3) is 0 Å². The minimum absolute atomic E-state index is 0.0403. The highest BCUT2D eigenvalue weighted by molar-refractivity contribution is 6.13. The van der Waals surface area contributed by atoms with Gasteiger partial charge in [-0.15, -0.1) is 0 Å². The first-order valence-corrected chi connectivity index (χ1v) is 10.1. The molecule has 4 rings (SSSR count). The van der Waals surface area contributed by atoms with E-state index in [2.05, 4.69) is 4.98 Å². The molecule has 0 atom stereocenters. The average Bonchev–Trinajstić information content (AvgIpc) is 2.79. The summed E-state index contributed by atoms with van der Waals surface area (Å²) in [4.78, 5) is 21.0. The largest absolute Gasteiger partial charge is 0.497 e. The van der Waals surface area contributed by atoms with Crippen LogP contribution in [0, 0.1) is 13.8 Å². The first kappa shape index (κ1) is 22.4. The molecule has 0 saturated carbocycles. The number of alkyl halides is 3. The number of anilines is 3. The van der Waals surface area contributed by atoms with Gasteiger partial charge in [-0.05, 0) is 61.9 Å². The smallest absolute Gasteiger partial charge is 0.416 e. The van der Waals surface area contributed by atoms with Gasteiger partial charge in [0.25, 0.3) is 5.91 Å². The number of aromatic nitrogens is 1. The van der Waals surface area contributed by atoms with Crippen LogP contribution in [0.4, 0.5) is 30.2 Å². The first-order chi connectivity index (χ1) is 15.6. The van der Waals surface area contributed by atoms with Gasteiger partial charge in [0.05, 0.1) is 42.4 Å². The zero-order valence-electron chi connectivity index (χ0n) is 18.5. The van der Waals surface area contributed by atoms with Gasteiger partial charge in [-0.1, -0.05) is 0 Å². The monoisotopic (exact) mass is 457 g/mol. The number of aryl methyl sites for hydroxylation is 2. The number of nitrogens with zero attached hydrogens (tertiary/aromatic N) is 3. The standard InChI is InChI=1S/C24H22F3N3O3/c1-14-11-17(32-3)6-8-19(14)29-13-30(20-9-10-22(33-4)28-15(20)2)23(31)18-12-16(24(25,26)27)5-7-21(18)29/h5-12H,13H2,1-4H3. The summed E-state index contributed by atoms with van der Waals surface area (Å²) in [5, 5.41) is 0. The van der Waals surface area contributed by atoms with Crippen LogP contribution in [0.3, 0.4) is 0 Å². The second-order valence-corrected chi connectivity index (χ2v) is 7.64. The SMILES string of the molecule is COc1ccc(N2CN(c3ccc(OC)nc3C)C(=O)c3cc(C(F)(F)F)ccc32)c(C)c1. The second-order valence-electron chi connectivity index (χ2n) is 7.64. The van der Waals surface area contributed by atoms with Gasteiger partial charge in [-0.3, -0.25) is 9.69 Å². The van der Waals surface area contributed by atoms with Crippen molar-refractivity contribution in [3.63, 3.8) is 0 Å². The fourth-order valence-corrected chi connectivity index (χ4v) is 3.93. The van der Waals surface area contributed by atoms with Crippen molar-refractivity contribution >= 4 is 23.0 Å². The minimum Gasteiger partial charge on any atom is -0.497 e. The molecule has 172 valence electrons. The van der Waals surface area contributed by atoms with Gasteiger partial charge in [-0.2, -0.15) is 13.2 Å². The van der Waals surface area contributed by atoms with Crippen molar-refractivity contribution in [1.29, 1.82) is 0 Å². The van der Waals surface area contributed by atoms with E-state index in [1.54, 1.807) is 32.2 Å². The topological polar surface area (TPSA) is 54.9 Å². The Morgan fingerprint density at radius 1 is 0.879 bits per heavy atom. The molecule has 1 aliphatic rings. The molecule has 0 N–H and O–H groups in total. The molecule has 0 unspecified atom stereocenters. The lowest BCUT2D eigenvalue weighted by atomic mass is 10.0. The summed E-state index contributed by atoms with van der Waals surface area (Å²) in [6, 6.07) is 12.0. The van der Waals surface area contributed by atoms with Gasteiger partial charge in [0.1, 0.15) is 12.4 Å². The summed E-state index contributed by atoms with van der Waals surface area (Å²) in [5.41, 5.74) is 2.07. The predicted molar refractivity (Wildman–Crippen MR) is 119 cm³/mol. The van der Waals surface area contributed by atoms with Crippen molar-refractivity contribution in [2.24, 2.45) is 0 Å². The summed E-state index contributed by atoms with van der Waals surface area (Å²) >= 11 is 0. The summed E-state index contributed by atoms with van der Waals surface area (Å²) in [5.74, 6) is 0.501. The van der Waals surface area contributed by atoms with Crippen LogP contribution < -0.4 is 19.3 Å². The van der Waals surface area contributed by atoms with Gasteiger partial charge >= 0.3 is 6.18 Å². The maximum Gasteiger partial charge on any atom is 0.416 e. The number of ether oxygens (including phenoxy) is 2. The molecule has 6 nitrogen and oxygen atoms in total. The average molecular weight is 457 g/mol. The lowest BCUT2D eigenvalue weighted by Gasteiger charge is -2.39. The molecule has 0 saturated heterocycles. The Hall–Kier alpha value is -3.75. The van der Waals surface area contributed by atoms with E-state index >= 15 is 0 Å². The fourth-order valence-electron chi connectivity index (χ4n) is 3.93.